The minimum absolute atomic E-state index is 0.0909. The number of carbonyl (C=O) groups is 1. The van der Waals surface area contributed by atoms with Crippen molar-refractivity contribution in [2.45, 2.75) is 13.0 Å². The Morgan fingerprint density at radius 2 is 2.54 bits per heavy atom. The number of aliphatic hydroxyl groups excluding tert-OH is 1. The van der Waals surface area contributed by atoms with Gasteiger partial charge in [0.1, 0.15) is 11.8 Å². The van der Waals surface area contributed by atoms with Gasteiger partial charge in [0, 0.05) is 0 Å². The number of aromatic nitrogens is 2. The average Bonchev–Trinajstić information content (AvgIpc) is 2.47. The zero-order chi connectivity index (χ0) is 9.84. The van der Waals surface area contributed by atoms with Crippen molar-refractivity contribution in [2.24, 2.45) is 5.73 Å². The van der Waals surface area contributed by atoms with Gasteiger partial charge in [-0.05, 0) is 12.8 Å². The maximum Gasteiger partial charge on any atom is 0.270 e. The van der Waals surface area contributed by atoms with Crippen molar-refractivity contribution in [3.05, 3.63) is 17.7 Å². The summed E-state index contributed by atoms with van der Waals surface area (Å²) in [5.74, 6) is 4.38. The normalized spacial score (nSPS) is 11.5. The van der Waals surface area contributed by atoms with Crippen LogP contribution in [0.2, 0.25) is 0 Å². The molecule has 68 valence electrons. The van der Waals surface area contributed by atoms with Gasteiger partial charge in [0.25, 0.3) is 5.91 Å². The van der Waals surface area contributed by atoms with E-state index in [1.807, 2.05) is 0 Å². The third-order valence-electron chi connectivity index (χ3n) is 1.28. The molecule has 1 amide bonds. The summed E-state index contributed by atoms with van der Waals surface area (Å²) in [6, 6.07) is 0. The van der Waals surface area contributed by atoms with Gasteiger partial charge >= 0.3 is 0 Å². The number of hydrogen-bond donors (Lipinski definition) is 3. The van der Waals surface area contributed by atoms with Crippen molar-refractivity contribution in [1.29, 1.82) is 0 Å². The molecule has 0 bridgehead atoms. The van der Waals surface area contributed by atoms with E-state index < -0.39 is 12.0 Å². The number of nitrogens with two attached hydrogens (primary N) is 1. The third-order valence-corrected chi connectivity index (χ3v) is 1.28. The minimum atomic E-state index is -0.746. The topological polar surface area (TPSA) is 92.0 Å². The van der Waals surface area contributed by atoms with Gasteiger partial charge in [-0.1, -0.05) is 5.92 Å². The Morgan fingerprint density at radius 1 is 1.85 bits per heavy atom. The maximum atomic E-state index is 10.7. The van der Waals surface area contributed by atoms with E-state index in [4.69, 9.17) is 10.8 Å². The number of H-pyrrole nitrogens is 1. The van der Waals surface area contributed by atoms with E-state index in [9.17, 15) is 4.79 Å². The molecule has 0 aliphatic heterocycles. The lowest BCUT2D eigenvalue weighted by Gasteiger charge is -1.89. The van der Waals surface area contributed by atoms with Gasteiger partial charge in [-0.2, -0.15) is 0 Å². The van der Waals surface area contributed by atoms with Gasteiger partial charge < -0.3 is 15.8 Å². The SMILES string of the molecule is CC(O)C#Cc1[nH]cnc1C(N)=O. The minimum Gasteiger partial charge on any atom is -0.381 e. The molecule has 1 aromatic rings. The van der Waals surface area contributed by atoms with E-state index in [0.29, 0.717) is 5.69 Å². The summed E-state index contributed by atoms with van der Waals surface area (Å²) < 4.78 is 0. The highest BCUT2D eigenvalue weighted by atomic mass is 16.3. The quantitative estimate of drug-likeness (QED) is 0.495. The highest BCUT2D eigenvalue weighted by molar-refractivity contribution is 5.92. The van der Waals surface area contributed by atoms with Crippen molar-refractivity contribution in [1.82, 2.24) is 9.97 Å². The largest absolute Gasteiger partial charge is 0.381 e. The molecule has 0 saturated heterocycles. The molecule has 0 spiro atoms. The fourth-order valence-electron chi connectivity index (χ4n) is 0.753. The van der Waals surface area contributed by atoms with Gasteiger partial charge in [0.15, 0.2) is 5.69 Å². The molecule has 0 radical (unpaired) electrons. The van der Waals surface area contributed by atoms with Crippen LogP contribution in [0.15, 0.2) is 6.33 Å². The van der Waals surface area contributed by atoms with Crippen molar-refractivity contribution in [3.63, 3.8) is 0 Å². The summed E-state index contributed by atoms with van der Waals surface area (Å²) in [6.45, 7) is 1.52. The molecule has 1 atom stereocenters. The number of hydrogen-bond acceptors (Lipinski definition) is 3. The number of rotatable bonds is 1. The Morgan fingerprint density at radius 3 is 3.08 bits per heavy atom. The first kappa shape index (κ1) is 9.29. The Bertz CT molecular complexity index is 370. The second kappa shape index (κ2) is 3.74. The molecule has 0 aliphatic carbocycles. The summed E-state index contributed by atoms with van der Waals surface area (Å²) in [6.07, 6.45) is 0.579. The van der Waals surface area contributed by atoms with Gasteiger partial charge in [-0.3, -0.25) is 4.79 Å². The number of nitrogens with one attached hydrogen (secondary N) is 1. The zero-order valence-corrected chi connectivity index (χ0v) is 7.03. The van der Waals surface area contributed by atoms with Crippen LogP contribution in [0.4, 0.5) is 0 Å². The highest BCUT2D eigenvalue weighted by Crippen LogP contribution is 1.98. The van der Waals surface area contributed by atoms with Crippen LogP contribution < -0.4 is 5.73 Å². The zero-order valence-electron chi connectivity index (χ0n) is 7.03. The first-order chi connectivity index (χ1) is 6.11. The average molecular weight is 179 g/mol. The van der Waals surface area contributed by atoms with Gasteiger partial charge in [0.2, 0.25) is 0 Å². The lowest BCUT2D eigenvalue weighted by Crippen LogP contribution is -2.13. The van der Waals surface area contributed by atoms with Crippen LogP contribution in [-0.4, -0.2) is 27.1 Å². The van der Waals surface area contributed by atoms with Crippen molar-refractivity contribution in [2.75, 3.05) is 0 Å². The second-order valence-electron chi connectivity index (χ2n) is 2.44. The molecule has 0 fully saturated rings. The van der Waals surface area contributed by atoms with Crippen LogP contribution in [0.5, 0.6) is 0 Å². The van der Waals surface area contributed by atoms with Crippen molar-refractivity contribution >= 4 is 5.91 Å². The summed E-state index contributed by atoms with van der Waals surface area (Å²) in [7, 11) is 0. The fourth-order valence-corrected chi connectivity index (χ4v) is 0.753. The van der Waals surface area contributed by atoms with E-state index in [1.165, 1.54) is 13.3 Å². The molecule has 1 unspecified atom stereocenters. The summed E-state index contributed by atoms with van der Waals surface area (Å²) in [5, 5.41) is 8.86. The molecule has 5 nitrogen and oxygen atoms in total. The van der Waals surface area contributed by atoms with E-state index in [1.54, 1.807) is 0 Å². The predicted octanol–water partition coefficient (Wildman–Crippen LogP) is -0.759. The first-order valence-electron chi connectivity index (χ1n) is 3.64. The third kappa shape index (κ3) is 2.32. The van der Waals surface area contributed by atoms with E-state index >= 15 is 0 Å². The first-order valence-corrected chi connectivity index (χ1v) is 3.64. The highest BCUT2D eigenvalue weighted by Gasteiger charge is 2.08. The molecular formula is C8H9N3O2. The van der Waals surface area contributed by atoms with E-state index in [0.717, 1.165) is 0 Å². The van der Waals surface area contributed by atoms with Crippen LogP contribution in [0.1, 0.15) is 23.1 Å². The number of amides is 1. The summed E-state index contributed by atoms with van der Waals surface area (Å²) in [4.78, 5) is 17.1. The number of primary amides is 1. The van der Waals surface area contributed by atoms with Crippen molar-refractivity contribution in [3.8, 4) is 11.8 Å². The molecule has 0 aromatic carbocycles. The molecule has 1 heterocycles. The number of imidazole rings is 1. The van der Waals surface area contributed by atoms with E-state index in [2.05, 4.69) is 21.8 Å². The molecule has 0 saturated carbocycles. The lowest BCUT2D eigenvalue weighted by atomic mass is 10.3. The van der Waals surface area contributed by atoms with E-state index in [-0.39, 0.29) is 5.69 Å². The Hall–Kier alpha value is -1.80. The number of aromatic amines is 1. The predicted molar refractivity (Wildman–Crippen MR) is 45.7 cm³/mol. The second-order valence-corrected chi connectivity index (χ2v) is 2.44. The smallest absolute Gasteiger partial charge is 0.270 e. The number of carbonyl (C=O) groups excluding carboxylic acids is 1. The molecule has 5 heteroatoms. The Labute approximate surface area is 75.0 Å². The molecule has 4 N–H and O–H groups in total. The Balaban J connectivity index is 2.97. The standard InChI is InChI=1S/C8H9N3O2/c1-5(12)2-3-6-7(8(9)13)11-4-10-6/h4-5,12H,1H3,(H2,9,13)(H,10,11). The molecule has 0 aliphatic rings. The fraction of sp³-hybridized carbons (Fsp3) is 0.250. The molecule has 1 rings (SSSR count). The monoisotopic (exact) mass is 179 g/mol. The molecular weight excluding hydrogens is 170 g/mol. The Kier molecular flexibility index (Phi) is 2.67. The van der Waals surface area contributed by atoms with Gasteiger partial charge in [-0.15, -0.1) is 0 Å². The van der Waals surface area contributed by atoms with Gasteiger partial charge in [-0.25, -0.2) is 4.98 Å². The molecule has 1 aromatic heterocycles. The summed E-state index contributed by atoms with van der Waals surface area (Å²) in [5.41, 5.74) is 5.43. The maximum absolute atomic E-state index is 10.7. The van der Waals surface area contributed by atoms with Crippen LogP contribution in [0.3, 0.4) is 0 Å². The summed E-state index contributed by atoms with van der Waals surface area (Å²) >= 11 is 0. The number of aliphatic hydroxyl groups is 1. The molecule has 13 heavy (non-hydrogen) atoms. The number of nitrogens with zero attached hydrogens (tertiary/aromatic N) is 1. The van der Waals surface area contributed by atoms with Crippen molar-refractivity contribution < 1.29 is 9.90 Å². The van der Waals surface area contributed by atoms with Crippen LogP contribution in [0.25, 0.3) is 0 Å². The van der Waals surface area contributed by atoms with Crippen LogP contribution in [-0.2, 0) is 0 Å². The van der Waals surface area contributed by atoms with Crippen LogP contribution >= 0.6 is 0 Å². The van der Waals surface area contributed by atoms with Crippen LogP contribution in [0, 0.1) is 11.8 Å². The lowest BCUT2D eigenvalue weighted by molar-refractivity contribution is 0.0996. The van der Waals surface area contributed by atoms with Gasteiger partial charge in [0.05, 0.1) is 6.33 Å².